The Morgan fingerprint density at radius 2 is 1.89 bits per heavy atom. The standard InChI is InChI=1S/C28H35N4O4/c1-20(2)36-26-17-22(9-13-25(26)35-3)24-12-14-28(34)32(30-24)18-21-7-10-23(11-8-21)29-27(33)19-31-15-5-4-6-16-31/h7-11,13,15,17,20H,4-6,12,14,16,18-19H2,1-3H3,(H,29,33). The van der Waals surface area contributed by atoms with Crippen LogP contribution < -0.4 is 14.8 Å². The second-order valence-corrected chi connectivity index (χ2v) is 9.42. The summed E-state index contributed by atoms with van der Waals surface area (Å²) >= 11 is 0. The fourth-order valence-corrected chi connectivity index (χ4v) is 4.35. The number of hydrazone groups is 1. The maximum absolute atomic E-state index is 12.6. The van der Waals surface area contributed by atoms with Crippen LogP contribution in [0.15, 0.2) is 47.6 Å². The molecule has 1 radical (unpaired) electrons. The van der Waals surface area contributed by atoms with Crippen LogP contribution in [-0.2, 0) is 16.1 Å². The highest BCUT2D eigenvalue weighted by molar-refractivity contribution is 6.04. The third kappa shape index (κ3) is 6.85. The Bertz CT molecular complexity index is 1090. The number of benzene rings is 2. The molecule has 0 saturated carbocycles. The van der Waals surface area contributed by atoms with Gasteiger partial charge in [-0.3, -0.25) is 14.5 Å². The molecule has 4 rings (SSSR count). The van der Waals surface area contributed by atoms with E-state index in [0.29, 0.717) is 37.4 Å². The number of ether oxygens (including phenoxy) is 2. The maximum atomic E-state index is 12.6. The molecule has 8 heteroatoms. The van der Waals surface area contributed by atoms with E-state index in [2.05, 4.69) is 21.9 Å². The number of carbonyl (C=O) groups is 2. The number of likely N-dealkylation sites (tertiary alicyclic amines) is 1. The highest BCUT2D eigenvalue weighted by Crippen LogP contribution is 2.30. The number of amides is 2. The zero-order chi connectivity index (χ0) is 25.5. The van der Waals surface area contributed by atoms with Crippen LogP contribution in [0.2, 0.25) is 0 Å². The summed E-state index contributed by atoms with van der Waals surface area (Å²) in [6.07, 6.45) is 4.33. The van der Waals surface area contributed by atoms with E-state index in [1.165, 1.54) is 11.4 Å². The normalized spacial score (nSPS) is 16.6. The zero-order valence-electron chi connectivity index (χ0n) is 21.3. The molecule has 0 spiro atoms. The van der Waals surface area contributed by atoms with E-state index < -0.39 is 0 Å². The second-order valence-electron chi connectivity index (χ2n) is 9.42. The Balaban J connectivity index is 1.40. The first-order valence-corrected chi connectivity index (χ1v) is 12.6. The molecular formula is C28H35N4O4. The van der Waals surface area contributed by atoms with Crippen molar-refractivity contribution in [1.82, 2.24) is 9.91 Å². The van der Waals surface area contributed by atoms with Gasteiger partial charge < -0.3 is 14.8 Å². The lowest BCUT2D eigenvalue weighted by Gasteiger charge is -2.25. The molecule has 2 amide bonds. The largest absolute Gasteiger partial charge is 0.493 e. The van der Waals surface area contributed by atoms with Gasteiger partial charge in [0.25, 0.3) is 0 Å². The number of rotatable bonds is 9. The molecule has 1 fully saturated rings. The molecule has 8 nitrogen and oxygen atoms in total. The third-order valence-corrected chi connectivity index (χ3v) is 6.17. The molecule has 2 aliphatic rings. The summed E-state index contributed by atoms with van der Waals surface area (Å²) in [6.45, 7) is 7.72. The Labute approximate surface area is 213 Å². The molecule has 0 unspecified atom stereocenters. The molecule has 0 bridgehead atoms. The van der Waals surface area contributed by atoms with E-state index in [0.717, 1.165) is 41.9 Å². The van der Waals surface area contributed by atoms with E-state index in [1.54, 1.807) is 7.11 Å². The molecule has 2 aromatic carbocycles. The fourth-order valence-electron chi connectivity index (χ4n) is 4.35. The predicted octanol–water partition coefficient (Wildman–Crippen LogP) is 4.60. The first-order valence-electron chi connectivity index (χ1n) is 12.6. The topological polar surface area (TPSA) is 83.5 Å². The highest BCUT2D eigenvalue weighted by Gasteiger charge is 2.23. The summed E-state index contributed by atoms with van der Waals surface area (Å²) in [5, 5.41) is 9.14. The minimum absolute atomic E-state index is 0.0105. The average molecular weight is 492 g/mol. The molecule has 0 aromatic heterocycles. The molecule has 36 heavy (non-hydrogen) atoms. The summed E-state index contributed by atoms with van der Waals surface area (Å²) in [6, 6.07) is 13.3. The van der Waals surface area contributed by atoms with E-state index >= 15 is 0 Å². The lowest BCUT2D eigenvalue weighted by molar-refractivity contribution is -0.132. The fraction of sp³-hybridized carbons (Fsp3) is 0.429. The number of hydrogen-bond donors (Lipinski definition) is 1. The van der Waals surface area contributed by atoms with Gasteiger partial charge in [0.05, 0.1) is 32.0 Å². The van der Waals surface area contributed by atoms with Crippen LogP contribution in [0.4, 0.5) is 5.69 Å². The van der Waals surface area contributed by atoms with Crippen molar-refractivity contribution in [1.29, 1.82) is 0 Å². The predicted molar refractivity (Wildman–Crippen MR) is 140 cm³/mol. The number of nitrogens with one attached hydrogen (secondary N) is 1. The number of hydrogen-bond acceptors (Lipinski definition) is 6. The molecule has 191 valence electrons. The van der Waals surface area contributed by atoms with Crippen molar-refractivity contribution in [2.75, 3.05) is 25.5 Å². The molecule has 2 aromatic rings. The van der Waals surface area contributed by atoms with Crippen LogP contribution in [-0.4, -0.2) is 53.7 Å². The van der Waals surface area contributed by atoms with Crippen LogP contribution in [0.1, 0.15) is 57.1 Å². The summed E-state index contributed by atoms with van der Waals surface area (Å²) < 4.78 is 11.3. The molecule has 1 N–H and O–H groups in total. The van der Waals surface area contributed by atoms with Gasteiger partial charge in [0, 0.05) is 30.6 Å². The lowest BCUT2D eigenvalue weighted by atomic mass is 10.0. The Morgan fingerprint density at radius 1 is 1.08 bits per heavy atom. The van der Waals surface area contributed by atoms with Crippen LogP contribution in [0, 0.1) is 6.54 Å². The van der Waals surface area contributed by atoms with Crippen LogP contribution in [0.25, 0.3) is 0 Å². The van der Waals surface area contributed by atoms with Crippen molar-refractivity contribution >= 4 is 23.2 Å². The van der Waals surface area contributed by atoms with Crippen molar-refractivity contribution in [2.45, 2.75) is 58.6 Å². The molecular weight excluding hydrogens is 456 g/mol. The lowest BCUT2D eigenvalue weighted by Crippen LogP contribution is -2.34. The minimum Gasteiger partial charge on any atom is -0.493 e. The van der Waals surface area contributed by atoms with Gasteiger partial charge >= 0.3 is 0 Å². The van der Waals surface area contributed by atoms with Gasteiger partial charge in [0.2, 0.25) is 11.8 Å². The van der Waals surface area contributed by atoms with E-state index in [4.69, 9.17) is 9.47 Å². The Hall–Kier alpha value is -3.39. The second kappa shape index (κ2) is 12.0. The van der Waals surface area contributed by atoms with Crippen LogP contribution in [0.3, 0.4) is 0 Å². The summed E-state index contributed by atoms with van der Waals surface area (Å²) in [7, 11) is 1.62. The Morgan fingerprint density at radius 3 is 2.58 bits per heavy atom. The van der Waals surface area contributed by atoms with Crippen LogP contribution >= 0.6 is 0 Å². The van der Waals surface area contributed by atoms with Crippen molar-refractivity contribution in [3.63, 3.8) is 0 Å². The summed E-state index contributed by atoms with van der Waals surface area (Å²) in [5.74, 6) is 1.28. The SMILES string of the molecule is COc1ccc(C2=NN(Cc3ccc(NC(=O)CN4[CH]CCCC4)cc3)C(=O)CC2)cc1OC(C)C. The van der Waals surface area contributed by atoms with E-state index in [9.17, 15) is 9.59 Å². The minimum atomic E-state index is -0.0262. The number of methoxy groups -OCH3 is 1. The van der Waals surface area contributed by atoms with Crippen molar-refractivity contribution < 1.29 is 19.1 Å². The first-order chi connectivity index (χ1) is 17.4. The Kier molecular flexibility index (Phi) is 8.59. The molecule has 2 aliphatic heterocycles. The highest BCUT2D eigenvalue weighted by atomic mass is 16.5. The van der Waals surface area contributed by atoms with Crippen molar-refractivity contribution in [3.8, 4) is 11.5 Å². The number of carbonyl (C=O) groups excluding carboxylic acids is 2. The summed E-state index contributed by atoms with van der Waals surface area (Å²) in [5.41, 5.74) is 3.43. The van der Waals surface area contributed by atoms with E-state index in [1.807, 2.05) is 56.3 Å². The average Bonchev–Trinajstić information content (AvgIpc) is 2.86. The number of nitrogens with zero attached hydrogens (tertiary/aromatic N) is 3. The molecule has 0 atom stereocenters. The first kappa shape index (κ1) is 25.7. The van der Waals surface area contributed by atoms with Crippen molar-refractivity contribution in [3.05, 3.63) is 60.1 Å². The van der Waals surface area contributed by atoms with Gasteiger partial charge in [-0.05, 0) is 69.1 Å². The van der Waals surface area contributed by atoms with Gasteiger partial charge in [-0.2, -0.15) is 5.10 Å². The van der Waals surface area contributed by atoms with Crippen LogP contribution in [0.5, 0.6) is 11.5 Å². The van der Waals surface area contributed by atoms with Gasteiger partial charge in [-0.1, -0.05) is 18.6 Å². The van der Waals surface area contributed by atoms with Crippen molar-refractivity contribution in [2.24, 2.45) is 5.10 Å². The quantitative estimate of drug-likeness (QED) is 0.555. The zero-order valence-corrected chi connectivity index (χ0v) is 21.3. The summed E-state index contributed by atoms with van der Waals surface area (Å²) in [4.78, 5) is 27.0. The monoisotopic (exact) mass is 491 g/mol. The van der Waals surface area contributed by atoms with Gasteiger partial charge in [-0.15, -0.1) is 0 Å². The number of anilines is 1. The number of piperidine rings is 1. The maximum Gasteiger partial charge on any atom is 0.243 e. The van der Waals surface area contributed by atoms with Gasteiger partial charge in [0.15, 0.2) is 11.5 Å². The van der Waals surface area contributed by atoms with Gasteiger partial charge in [0.1, 0.15) is 0 Å². The molecule has 1 saturated heterocycles. The molecule has 2 heterocycles. The van der Waals surface area contributed by atoms with E-state index in [-0.39, 0.29) is 17.9 Å². The third-order valence-electron chi connectivity index (χ3n) is 6.17. The molecule has 0 aliphatic carbocycles. The van der Waals surface area contributed by atoms with Gasteiger partial charge in [-0.25, -0.2) is 5.01 Å². The smallest absolute Gasteiger partial charge is 0.243 e.